The second-order valence-electron chi connectivity index (χ2n) is 7.27. The molecule has 1 aliphatic rings. The van der Waals surface area contributed by atoms with Crippen LogP contribution in [0.3, 0.4) is 0 Å². The molecular formula is C19H27NO5S. The van der Waals surface area contributed by atoms with Crippen LogP contribution in [-0.2, 0) is 25.8 Å². The maximum Gasteiger partial charge on any atom is 0.307 e. The van der Waals surface area contributed by atoms with Crippen LogP contribution in [0, 0.1) is 5.92 Å². The lowest BCUT2D eigenvalue weighted by molar-refractivity contribution is -0.136. The van der Waals surface area contributed by atoms with Gasteiger partial charge in [0.2, 0.25) is 5.91 Å². The van der Waals surface area contributed by atoms with Crippen molar-refractivity contribution in [1.29, 1.82) is 0 Å². The Balaban J connectivity index is 2.19. The summed E-state index contributed by atoms with van der Waals surface area (Å²) in [6.07, 6.45) is 3.89. The third-order valence-electron chi connectivity index (χ3n) is 4.78. The van der Waals surface area contributed by atoms with Gasteiger partial charge in [-0.25, -0.2) is 8.42 Å². The van der Waals surface area contributed by atoms with Crippen LogP contribution in [0.15, 0.2) is 24.3 Å². The van der Waals surface area contributed by atoms with E-state index in [1.54, 1.807) is 38.1 Å². The Morgan fingerprint density at radius 1 is 1.19 bits per heavy atom. The molecule has 2 rings (SSSR count). The maximum absolute atomic E-state index is 13.0. The topological polar surface area (TPSA) is 101 Å². The molecule has 0 aliphatic heterocycles. The first-order valence-corrected chi connectivity index (χ1v) is 10.7. The Morgan fingerprint density at radius 2 is 1.85 bits per heavy atom. The Hall–Kier alpha value is -1.89. The summed E-state index contributed by atoms with van der Waals surface area (Å²) in [6.45, 7) is 3.48. The molecule has 0 spiro atoms. The lowest BCUT2D eigenvalue weighted by Gasteiger charge is -2.28. The molecule has 144 valence electrons. The highest BCUT2D eigenvalue weighted by molar-refractivity contribution is 7.93. The molecule has 1 fully saturated rings. The van der Waals surface area contributed by atoms with Gasteiger partial charge in [0.05, 0.1) is 11.7 Å². The van der Waals surface area contributed by atoms with Crippen molar-refractivity contribution >= 4 is 27.4 Å². The summed E-state index contributed by atoms with van der Waals surface area (Å²) < 4.78 is 26.1. The summed E-state index contributed by atoms with van der Waals surface area (Å²) in [7, 11) is -3.58. The van der Waals surface area contributed by atoms with E-state index in [-0.39, 0.29) is 12.3 Å². The van der Waals surface area contributed by atoms with E-state index in [1.165, 1.54) is 0 Å². The van der Waals surface area contributed by atoms with E-state index in [4.69, 9.17) is 5.11 Å². The van der Waals surface area contributed by atoms with Crippen molar-refractivity contribution in [3.8, 4) is 0 Å². The van der Waals surface area contributed by atoms with Gasteiger partial charge in [0, 0.05) is 5.69 Å². The number of amides is 1. The molecule has 0 radical (unpaired) electrons. The van der Waals surface area contributed by atoms with Gasteiger partial charge in [-0.05, 0) is 36.5 Å². The zero-order chi connectivity index (χ0) is 19.3. The van der Waals surface area contributed by atoms with Gasteiger partial charge in [0.15, 0.2) is 9.84 Å². The van der Waals surface area contributed by atoms with E-state index in [1.807, 2.05) is 0 Å². The minimum Gasteiger partial charge on any atom is -0.481 e. The number of rotatable bonds is 7. The molecule has 0 heterocycles. The zero-order valence-electron chi connectivity index (χ0n) is 15.3. The summed E-state index contributed by atoms with van der Waals surface area (Å²) in [5.41, 5.74) is 0.963. The molecule has 1 amide bonds. The van der Waals surface area contributed by atoms with E-state index in [0.29, 0.717) is 24.1 Å². The maximum atomic E-state index is 13.0. The SMILES string of the molecule is CC(C)C(C(=O)Nc1cccc(CC(=O)O)c1)S(=O)(=O)C1CCCCC1. The molecule has 0 saturated heterocycles. The van der Waals surface area contributed by atoms with Crippen molar-refractivity contribution in [2.45, 2.75) is 62.9 Å². The number of hydrogen-bond donors (Lipinski definition) is 2. The van der Waals surface area contributed by atoms with Crippen molar-refractivity contribution in [2.75, 3.05) is 5.32 Å². The average Bonchev–Trinajstić information content (AvgIpc) is 2.54. The largest absolute Gasteiger partial charge is 0.481 e. The first kappa shape index (κ1) is 20.4. The fourth-order valence-corrected chi connectivity index (χ4v) is 6.10. The minimum atomic E-state index is -3.58. The fourth-order valence-electron chi connectivity index (χ4n) is 3.58. The lowest BCUT2D eigenvalue weighted by Crippen LogP contribution is -2.44. The van der Waals surface area contributed by atoms with Crippen LogP contribution in [0.2, 0.25) is 0 Å². The molecule has 1 aromatic rings. The Morgan fingerprint density at radius 3 is 2.42 bits per heavy atom. The van der Waals surface area contributed by atoms with Crippen LogP contribution in [0.1, 0.15) is 51.5 Å². The molecule has 1 aromatic carbocycles. The number of carbonyl (C=O) groups is 2. The summed E-state index contributed by atoms with van der Waals surface area (Å²) in [5, 5.41) is 10.0. The Kier molecular flexibility index (Phi) is 6.81. The predicted molar refractivity (Wildman–Crippen MR) is 101 cm³/mol. The minimum absolute atomic E-state index is 0.155. The molecule has 1 aliphatic carbocycles. The van der Waals surface area contributed by atoms with Gasteiger partial charge in [0.25, 0.3) is 0 Å². The number of carboxylic acid groups (broad SMARTS) is 1. The number of nitrogens with one attached hydrogen (secondary N) is 1. The highest BCUT2D eigenvalue weighted by Gasteiger charge is 2.41. The smallest absolute Gasteiger partial charge is 0.307 e. The molecule has 1 saturated carbocycles. The van der Waals surface area contributed by atoms with Crippen LogP contribution in [0.5, 0.6) is 0 Å². The second kappa shape index (κ2) is 8.66. The summed E-state index contributed by atoms with van der Waals surface area (Å²) in [6, 6.07) is 6.50. The number of carboxylic acids is 1. The van der Waals surface area contributed by atoms with E-state index in [9.17, 15) is 18.0 Å². The van der Waals surface area contributed by atoms with Gasteiger partial charge >= 0.3 is 5.97 Å². The number of aliphatic carboxylic acids is 1. The number of benzene rings is 1. The predicted octanol–water partition coefficient (Wildman–Crippen LogP) is 3.02. The second-order valence-corrected chi connectivity index (χ2v) is 9.63. The van der Waals surface area contributed by atoms with Crippen molar-refractivity contribution in [3.05, 3.63) is 29.8 Å². The molecule has 0 bridgehead atoms. The molecule has 26 heavy (non-hydrogen) atoms. The number of anilines is 1. The monoisotopic (exact) mass is 381 g/mol. The molecule has 1 atom stereocenters. The highest BCUT2D eigenvalue weighted by atomic mass is 32.2. The van der Waals surface area contributed by atoms with Crippen LogP contribution in [0.25, 0.3) is 0 Å². The summed E-state index contributed by atoms with van der Waals surface area (Å²) >= 11 is 0. The molecule has 2 N–H and O–H groups in total. The molecule has 1 unspecified atom stereocenters. The highest BCUT2D eigenvalue weighted by Crippen LogP contribution is 2.29. The van der Waals surface area contributed by atoms with E-state index >= 15 is 0 Å². The standard InChI is InChI=1S/C19H27NO5S/c1-13(2)18(26(24,25)16-9-4-3-5-10-16)19(23)20-15-8-6-7-14(11-15)12-17(21)22/h6-8,11,13,16,18H,3-5,9-10,12H2,1-2H3,(H,20,23)(H,21,22). The van der Waals surface area contributed by atoms with Crippen molar-refractivity contribution in [3.63, 3.8) is 0 Å². The van der Waals surface area contributed by atoms with Crippen LogP contribution in [-0.4, -0.2) is 35.9 Å². The normalized spacial score (nSPS) is 17.0. The summed E-state index contributed by atoms with van der Waals surface area (Å²) in [5.74, 6) is -1.85. The quantitative estimate of drug-likeness (QED) is 0.756. The van der Waals surface area contributed by atoms with E-state index in [2.05, 4.69) is 5.32 Å². The van der Waals surface area contributed by atoms with Gasteiger partial charge in [-0.1, -0.05) is 45.2 Å². The van der Waals surface area contributed by atoms with E-state index in [0.717, 1.165) is 19.3 Å². The number of hydrogen-bond acceptors (Lipinski definition) is 4. The number of sulfone groups is 1. The van der Waals surface area contributed by atoms with Crippen molar-refractivity contribution in [1.82, 2.24) is 0 Å². The zero-order valence-corrected chi connectivity index (χ0v) is 16.1. The Labute approximate surface area is 154 Å². The van der Waals surface area contributed by atoms with Gasteiger partial charge in [0.1, 0.15) is 5.25 Å². The van der Waals surface area contributed by atoms with Gasteiger partial charge in [-0.15, -0.1) is 0 Å². The summed E-state index contributed by atoms with van der Waals surface area (Å²) in [4.78, 5) is 23.6. The first-order chi connectivity index (χ1) is 12.2. The third kappa shape index (κ3) is 5.06. The molecular weight excluding hydrogens is 354 g/mol. The lowest BCUT2D eigenvalue weighted by atomic mass is 10.0. The molecule has 0 aromatic heterocycles. The molecule has 6 nitrogen and oxygen atoms in total. The fraction of sp³-hybridized carbons (Fsp3) is 0.579. The van der Waals surface area contributed by atoms with Crippen LogP contribution < -0.4 is 5.32 Å². The Bertz CT molecular complexity index is 751. The first-order valence-electron chi connectivity index (χ1n) is 9.06. The van der Waals surface area contributed by atoms with Gasteiger partial charge < -0.3 is 10.4 Å². The van der Waals surface area contributed by atoms with Crippen LogP contribution >= 0.6 is 0 Å². The molecule has 7 heteroatoms. The van der Waals surface area contributed by atoms with Crippen molar-refractivity contribution in [2.24, 2.45) is 5.92 Å². The number of carbonyl (C=O) groups excluding carboxylic acids is 1. The van der Waals surface area contributed by atoms with Gasteiger partial charge in [-0.2, -0.15) is 0 Å². The average molecular weight is 381 g/mol. The van der Waals surface area contributed by atoms with Gasteiger partial charge in [-0.3, -0.25) is 9.59 Å². The van der Waals surface area contributed by atoms with Crippen molar-refractivity contribution < 1.29 is 23.1 Å². The third-order valence-corrected chi connectivity index (χ3v) is 7.65. The van der Waals surface area contributed by atoms with Crippen LogP contribution in [0.4, 0.5) is 5.69 Å². The van der Waals surface area contributed by atoms with E-state index < -0.39 is 32.2 Å².